The van der Waals surface area contributed by atoms with E-state index in [1.54, 1.807) is 0 Å². The average molecular weight is 1880 g/mol. The van der Waals surface area contributed by atoms with Gasteiger partial charge >= 0.3 is 0 Å². The van der Waals surface area contributed by atoms with Gasteiger partial charge in [0.2, 0.25) is 0 Å². The third-order valence-corrected chi connectivity index (χ3v) is 14.0. The van der Waals surface area contributed by atoms with Gasteiger partial charge in [0.05, 0.1) is 46.0 Å². The Hall–Kier alpha value is -7.86. The number of aryl methyl sites for hydroxylation is 11. The van der Waals surface area contributed by atoms with Crippen molar-refractivity contribution < 1.29 is 80.4 Å². The van der Waals surface area contributed by atoms with Crippen molar-refractivity contribution in [2.75, 3.05) is 0 Å². The molecule has 0 aliphatic heterocycles. The average Bonchev–Trinajstić information content (AvgIpc) is 2.65. The first-order valence-corrected chi connectivity index (χ1v) is 28.2. The van der Waals surface area contributed by atoms with Crippen molar-refractivity contribution in [3.63, 3.8) is 0 Å². The SMILES string of the molecule is Cc1c[c-]c(-c2nc(C)nn2-c2ccccc2C)cc1.Cc1cc[c-]c(-c2nc(C)nn2-c2ccccc2C)c1.Cc1cc[c-]c(-c2nc(C)nn2-c2ccccc2C)c1.Cc1nc(-c2[c-]cc(-c3ccccc3)cc2)n(-c2ccccc2C)n1.[Ir].[Ir].[Ir].[Ir]. The molecule has 0 fully saturated rings. The summed E-state index contributed by atoms with van der Waals surface area (Å²) in [6.45, 7) is 22.2. The van der Waals surface area contributed by atoms with Crippen LogP contribution >= 0.6 is 0 Å². The zero-order valence-electron chi connectivity index (χ0n) is 51.3. The van der Waals surface area contributed by atoms with Crippen LogP contribution < -0.4 is 0 Å². The van der Waals surface area contributed by atoms with Crippen molar-refractivity contribution >= 4 is 0 Å². The van der Waals surface area contributed by atoms with Crippen molar-refractivity contribution in [3.05, 3.63) is 287 Å². The Morgan fingerprint density at radius 1 is 0.270 bits per heavy atom. The summed E-state index contributed by atoms with van der Waals surface area (Å²) in [5.41, 5.74) is 18.6. The molecule has 0 atom stereocenters. The molecule has 9 aromatic carbocycles. The van der Waals surface area contributed by atoms with Crippen LogP contribution in [0.1, 0.15) is 62.2 Å². The molecular weight excluding hydrogens is 1810 g/mol. The van der Waals surface area contributed by atoms with Crippen LogP contribution in [0.4, 0.5) is 0 Å². The number of hydrogen-bond acceptors (Lipinski definition) is 8. The minimum atomic E-state index is 0. The molecule has 4 heterocycles. The summed E-state index contributed by atoms with van der Waals surface area (Å²) in [6.07, 6.45) is 0. The molecular formula is C73H66Ir4N12-4. The van der Waals surface area contributed by atoms with E-state index in [0.717, 1.165) is 103 Å². The standard InChI is InChI=1S/C22H18N3.3C17H16N3.4Ir/c1-16-8-6-7-11-21(16)25-22(23-17(2)24-25)20-14-12-19(13-15-20)18-9-4-3-5-10-18;2*1-12-7-6-9-15(11-12)17-18-14(3)19-20(17)16-10-5-4-8-13(16)2;1-12-8-10-15(11-9-12)17-18-14(3)19-20(17)16-7-5-4-6-13(16)2;;;;/h3-14H,1-2H3;2*4-8,10-11H,1-3H3;4-10H,1-3H3;;;;/q4*-1;;;;. The molecule has 13 aromatic rings. The van der Waals surface area contributed by atoms with Crippen LogP contribution in [0.5, 0.6) is 0 Å². The van der Waals surface area contributed by atoms with Gasteiger partial charge in [-0.15, -0.1) is 136 Å². The molecule has 458 valence electrons. The smallest absolute Gasteiger partial charge is 0.137 e. The largest absolute Gasteiger partial charge is 0.262 e. The first kappa shape index (κ1) is 70.2. The molecule has 0 saturated carbocycles. The van der Waals surface area contributed by atoms with Crippen LogP contribution in [0.2, 0.25) is 0 Å². The Balaban J connectivity index is 0.000000187. The quantitative estimate of drug-likeness (QED) is 0.131. The van der Waals surface area contributed by atoms with Gasteiger partial charge in [-0.3, -0.25) is 38.7 Å². The van der Waals surface area contributed by atoms with Crippen molar-refractivity contribution in [1.82, 2.24) is 59.1 Å². The number of aromatic nitrogens is 12. The first-order valence-electron chi connectivity index (χ1n) is 28.2. The number of hydrogen-bond donors (Lipinski definition) is 0. The minimum absolute atomic E-state index is 0. The van der Waals surface area contributed by atoms with Crippen LogP contribution in [0.25, 0.3) is 79.4 Å². The fourth-order valence-electron chi connectivity index (χ4n) is 9.67. The van der Waals surface area contributed by atoms with E-state index >= 15 is 0 Å². The van der Waals surface area contributed by atoms with Gasteiger partial charge in [0.25, 0.3) is 0 Å². The molecule has 0 spiro atoms. The Kier molecular flexibility index (Phi) is 25.7. The Labute approximate surface area is 576 Å². The van der Waals surface area contributed by atoms with Gasteiger partial charge in [-0.05, 0) is 102 Å². The van der Waals surface area contributed by atoms with Crippen molar-refractivity contribution in [3.8, 4) is 79.4 Å². The summed E-state index contributed by atoms with van der Waals surface area (Å²) in [7, 11) is 0. The van der Waals surface area contributed by atoms with E-state index in [4.69, 9.17) is 0 Å². The predicted molar refractivity (Wildman–Crippen MR) is 340 cm³/mol. The predicted octanol–water partition coefficient (Wildman–Crippen LogP) is 16.0. The summed E-state index contributed by atoms with van der Waals surface area (Å²) in [5, 5.41) is 18.2. The van der Waals surface area contributed by atoms with E-state index in [0.29, 0.717) is 0 Å². The summed E-state index contributed by atoms with van der Waals surface area (Å²) in [5.74, 6) is 6.34. The van der Waals surface area contributed by atoms with Crippen molar-refractivity contribution in [1.29, 1.82) is 0 Å². The van der Waals surface area contributed by atoms with Crippen molar-refractivity contribution in [2.24, 2.45) is 0 Å². The molecule has 0 N–H and O–H groups in total. The van der Waals surface area contributed by atoms with Crippen molar-refractivity contribution in [2.45, 2.75) is 76.2 Å². The Morgan fingerprint density at radius 3 is 0.888 bits per heavy atom. The van der Waals surface area contributed by atoms with Gasteiger partial charge < -0.3 is 0 Å². The number of rotatable bonds is 9. The zero-order valence-corrected chi connectivity index (χ0v) is 60.8. The van der Waals surface area contributed by atoms with E-state index < -0.39 is 0 Å². The third kappa shape index (κ3) is 17.3. The molecule has 0 aliphatic carbocycles. The Bertz CT molecular complexity index is 4260. The van der Waals surface area contributed by atoms with E-state index in [9.17, 15) is 0 Å². The minimum Gasteiger partial charge on any atom is -0.262 e. The maximum atomic E-state index is 4.62. The second-order valence-electron chi connectivity index (χ2n) is 20.9. The molecule has 4 radical (unpaired) electrons. The van der Waals surface area contributed by atoms with Gasteiger partial charge in [0.1, 0.15) is 23.3 Å². The van der Waals surface area contributed by atoms with Gasteiger partial charge in [0, 0.05) is 80.4 Å². The molecule has 0 bridgehead atoms. The van der Waals surface area contributed by atoms with Gasteiger partial charge in [-0.1, -0.05) is 135 Å². The van der Waals surface area contributed by atoms with Crippen LogP contribution in [-0.2, 0) is 80.4 Å². The Morgan fingerprint density at radius 2 is 0.584 bits per heavy atom. The maximum absolute atomic E-state index is 4.62. The van der Waals surface area contributed by atoms with Crippen LogP contribution in [0, 0.1) is 100 Å². The molecule has 0 unspecified atom stereocenters. The number of benzene rings is 9. The van der Waals surface area contributed by atoms with Crippen LogP contribution in [0.3, 0.4) is 0 Å². The molecule has 0 amide bonds. The molecule has 0 saturated heterocycles. The van der Waals surface area contributed by atoms with E-state index in [1.807, 2.05) is 156 Å². The zero-order chi connectivity index (χ0) is 59.6. The first-order chi connectivity index (χ1) is 41.2. The molecule has 89 heavy (non-hydrogen) atoms. The molecule has 12 nitrogen and oxygen atoms in total. The molecule has 16 heteroatoms. The van der Waals surface area contributed by atoms with Crippen LogP contribution in [0.15, 0.2) is 200 Å². The second kappa shape index (κ2) is 32.6. The van der Waals surface area contributed by atoms with E-state index in [1.165, 1.54) is 38.9 Å². The third-order valence-electron chi connectivity index (χ3n) is 14.0. The van der Waals surface area contributed by atoms with Gasteiger partial charge in [-0.25, -0.2) is 0 Å². The molecule has 0 aliphatic rings. The monoisotopic (exact) mass is 1880 g/mol. The van der Waals surface area contributed by atoms with Gasteiger partial charge in [-0.2, -0.15) is 20.4 Å². The maximum Gasteiger partial charge on any atom is 0.137 e. The number of nitrogens with zero attached hydrogens (tertiary/aromatic N) is 12. The summed E-state index contributed by atoms with van der Waals surface area (Å²) in [6, 6.07) is 80.5. The summed E-state index contributed by atoms with van der Waals surface area (Å²) >= 11 is 0. The second-order valence-corrected chi connectivity index (χ2v) is 20.9. The topological polar surface area (TPSA) is 123 Å². The molecule has 4 aromatic heterocycles. The van der Waals surface area contributed by atoms with Gasteiger partial charge in [0.15, 0.2) is 0 Å². The van der Waals surface area contributed by atoms with E-state index in [2.05, 4.69) is 204 Å². The van der Waals surface area contributed by atoms with E-state index in [-0.39, 0.29) is 80.4 Å². The van der Waals surface area contributed by atoms with Crippen LogP contribution in [-0.4, -0.2) is 59.1 Å². The fourth-order valence-corrected chi connectivity index (χ4v) is 9.67. The number of para-hydroxylation sites is 4. The molecule has 13 rings (SSSR count). The summed E-state index contributed by atoms with van der Waals surface area (Å²) < 4.78 is 7.59. The summed E-state index contributed by atoms with van der Waals surface area (Å²) in [4.78, 5) is 18.3. The fraction of sp³-hybridized carbons (Fsp3) is 0.151. The normalized spacial score (nSPS) is 10.3.